The fourth-order valence-corrected chi connectivity index (χ4v) is 2.59. The number of anilines is 1. The molecule has 0 saturated carbocycles. The Balaban J connectivity index is 1.62. The molecule has 0 aromatic heterocycles. The molecule has 0 spiro atoms. The standard InChI is InChI=1S/C17H20FN5O2/c1-25-14-9-5-2-6-11(14)10-19-17(24)15-16(22-23-21-15)20-13-8-4-3-7-12(13)18/h2-9,15-16,20-23H,10H2,1H3,(H,19,24). The van der Waals surface area contributed by atoms with Crippen LogP contribution in [0.1, 0.15) is 5.56 Å². The van der Waals surface area contributed by atoms with Gasteiger partial charge < -0.3 is 15.4 Å². The van der Waals surface area contributed by atoms with Gasteiger partial charge in [-0.15, -0.1) is 0 Å². The average molecular weight is 345 g/mol. The van der Waals surface area contributed by atoms with Crippen molar-refractivity contribution >= 4 is 11.6 Å². The maximum absolute atomic E-state index is 13.8. The molecular formula is C17H20FN5O2. The highest BCUT2D eigenvalue weighted by Crippen LogP contribution is 2.17. The lowest BCUT2D eigenvalue weighted by atomic mass is 10.1. The lowest BCUT2D eigenvalue weighted by molar-refractivity contribution is -0.123. The Morgan fingerprint density at radius 1 is 1.16 bits per heavy atom. The van der Waals surface area contributed by atoms with Crippen LogP contribution in [0, 0.1) is 5.82 Å². The van der Waals surface area contributed by atoms with Gasteiger partial charge in [-0.1, -0.05) is 30.3 Å². The first kappa shape index (κ1) is 17.2. The smallest absolute Gasteiger partial charge is 0.242 e. The van der Waals surface area contributed by atoms with E-state index in [-0.39, 0.29) is 11.7 Å². The summed E-state index contributed by atoms with van der Waals surface area (Å²) in [5.74, 6) is 0.0843. The molecule has 0 aliphatic carbocycles. The number of hydrazine groups is 2. The number of halogens is 1. The predicted octanol–water partition coefficient (Wildman–Crippen LogP) is 0.870. The lowest BCUT2D eigenvalue weighted by Crippen LogP contribution is -2.50. The molecule has 2 aromatic carbocycles. The Morgan fingerprint density at radius 3 is 2.72 bits per heavy atom. The third-order valence-corrected chi connectivity index (χ3v) is 3.90. The summed E-state index contributed by atoms with van der Waals surface area (Å²) in [5, 5.41) is 5.82. The van der Waals surface area contributed by atoms with Crippen molar-refractivity contribution < 1.29 is 13.9 Å². The van der Waals surface area contributed by atoms with Crippen LogP contribution in [0.25, 0.3) is 0 Å². The second-order valence-corrected chi connectivity index (χ2v) is 5.52. The van der Waals surface area contributed by atoms with E-state index in [9.17, 15) is 9.18 Å². The van der Waals surface area contributed by atoms with Crippen LogP contribution in [0.15, 0.2) is 48.5 Å². The molecule has 7 nitrogen and oxygen atoms in total. The molecule has 2 unspecified atom stereocenters. The van der Waals surface area contributed by atoms with Crippen LogP contribution < -0.4 is 31.8 Å². The van der Waals surface area contributed by atoms with Crippen molar-refractivity contribution in [3.63, 3.8) is 0 Å². The van der Waals surface area contributed by atoms with Gasteiger partial charge in [0.1, 0.15) is 23.8 Å². The zero-order valence-electron chi connectivity index (χ0n) is 13.7. The quantitative estimate of drug-likeness (QED) is 0.534. The summed E-state index contributed by atoms with van der Waals surface area (Å²) in [6, 6.07) is 13.1. The minimum absolute atomic E-state index is 0.239. The number of carbonyl (C=O) groups is 1. The van der Waals surface area contributed by atoms with E-state index in [1.807, 2.05) is 24.3 Å². The van der Waals surface area contributed by atoms with E-state index in [1.165, 1.54) is 6.07 Å². The zero-order chi connectivity index (χ0) is 17.6. The fourth-order valence-electron chi connectivity index (χ4n) is 2.59. The van der Waals surface area contributed by atoms with Crippen molar-refractivity contribution in [2.24, 2.45) is 0 Å². The molecule has 1 aliphatic rings. The van der Waals surface area contributed by atoms with Gasteiger partial charge in [0.25, 0.3) is 0 Å². The SMILES string of the molecule is COc1ccccc1CNC(=O)C1NNNC1Nc1ccccc1F. The van der Waals surface area contributed by atoms with Gasteiger partial charge in [0.15, 0.2) is 0 Å². The number of rotatable bonds is 6. The lowest BCUT2D eigenvalue weighted by Gasteiger charge is -2.20. The van der Waals surface area contributed by atoms with Crippen LogP contribution >= 0.6 is 0 Å². The van der Waals surface area contributed by atoms with E-state index in [0.717, 1.165) is 5.56 Å². The number of carbonyl (C=O) groups excluding carboxylic acids is 1. The third-order valence-electron chi connectivity index (χ3n) is 3.90. The molecule has 1 heterocycles. The van der Waals surface area contributed by atoms with Gasteiger partial charge in [-0.3, -0.25) is 4.79 Å². The van der Waals surface area contributed by atoms with Gasteiger partial charge in [-0.2, -0.15) is 5.53 Å². The summed E-state index contributed by atoms with van der Waals surface area (Å²) < 4.78 is 19.0. The topological polar surface area (TPSA) is 86.5 Å². The molecule has 0 radical (unpaired) electrons. The molecule has 3 rings (SSSR count). The number of amides is 1. The monoisotopic (exact) mass is 345 g/mol. The third kappa shape index (κ3) is 4.05. The van der Waals surface area contributed by atoms with Crippen molar-refractivity contribution in [2.75, 3.05) is 12.4 Å². The van der Waals surface area contributed by atoms with Crippen LogP contribution in [0.4, 0.5) is 10.1 Å². The first-order valence-corrected chi connectivity index (χ1v) is 7.86. The van der Waals surface area contributed by atoms with Crippen molar-refractivity contribution in [1.82, 2.24) is 21.7 Å². The normalized spacial score (nSPS) is 19.4. The van der Waals surface area contributed by atoms with Crippen molar-refractivity contribution in [1.29, 1.82) is 0 Å². The van der Waals surface area contributed by atoms with E-state index in [4.69, 9.17) is 4.74 Å². The summed E-state index contributed by atoms with van der Waals surface area (Å²) in [6.45, 7) is 0.327. The molecule has 1 saturated heterocycles. The Hall–Kier alpha value is -2.68. The molecule has 8 heteroatoms. The fraction of sp³-hybridized carbons (Fsp3) is 0.235. The molecule has 1 amide bonds. The number of benzene rings is 2. The number of hydrogen-bond acceptors (Lipinski definition) is 6. The van der Waals surface area contributed by atoms with E-state index in [0.29, 0.717) is 18.0 Å². The van der Waals surface area contributed by atoms with Crippen molar-refractivity contribution in [3.8, 4) is 5.75 Å². The maximum Gasteiger partial charge on any atom is 0.242 e. The minimum Gasteiger partial charge on any atom is -0.496 e. The predicted molar refractivity (Wildman–Crippen MR) is 91.8 cm³/mol. The number of ether oxygens (including phenoxy) is 1. The Bertz CT molecular complexity index is 742. The molecule has 1 fully saturated rings. The summed E-state index contributed by atoms with van der Waals surface area (Å²) in [5.41, 5.74) is 9.56. The second kappa shape index (κ2) is 7.93. The molecule has 132 valence electrons. The molecular weight excluding hydrogens is 325 g/mol. The number of methoxy groups -OCH3 is 1. The Morgan fingerprint density at radius 2 is 1.92 bits per heavy atom. The minimum atomic E-state index is -0.630. The molecule has 2 atom stereocenters. The van der Waals surface area contributed by atoms with Gasteiger partial charge >= 0.3 is 0 Å². The number of hydrogen-bond donors (Lipinski definition) is 5. The van der Waals surface area contributed by atoms with E-state index >= 15 is 0 Å². The van der Waals surface area contributed by atoms with E-state index in [2.05, 4.69) is 27.0 Å². The number of para-hydroxylation sites is 2. The molecule has 25 heavy (non-hydrogen) atoms. The summed E-state index contributed by atoms with van der Waals surface area (Å²) in [6.07, 6.45) is -0.519. The second-order valence-electron chi connectivity index (χ2n) is 5.52. The molecule has 1 aliphatic heterocycles. The van der Waals surface area contributed by atoms with Crippen LogP contribution in [0.2, 0.25) is 0 Å². The summed E-state index contributed by atoms with van der Waals surface area (Å²) in [4.78, 5) is 12.5. The van der Waals surface area contributed by atoms with Gasteiger partial charge in [0.2, 0.25) is 5.91 Å². The Labute approximate surface area is 144 Å². The first-order chi connectivity index (χ1) is 12.2. The molecule has 2 aromatic rings. The summed E-state index contributed by atoms with van der Waals surface area (Å²) >= 11 is 0. The average Bonchev–Trinajstić information content (AvgIpc) is 3.10. The van der Waals surface area contributed by atoms with Crippen molar-refractivity contribution in [2.45, 2.75) is 18.8 Å². The van der Waals surface area contributed by atoms with Crippen molar-refractivity contribution in [3.05, 3.63) is 59.9 Å². The largest absolute Gasteiger partial charge is 0.496 e. The van der Waals surface area contributed by atoms with E-state index in [1.54, 1.807) is 25.3 Å². The highest BCUT2D eigenvalue weighted by Gasteiger charge is 2.33. The maximum atomic E-state index is 13.8. The van der Waals surface area contributed by atoms with Crippen LogP contribution in [0.5, 0.6) is 5.75 Å². The van der Waals surface area contributed by atoms with Gasteiger partial charge in [-0.05, 0) is 18.2 Å². The molecule has 5 N–H and O–H groups in total. The highest BCUT2D eigenvalue weighted by atomic mass is 19.1. The van der Waals surface area contributed by atoms with Crippen LogP contribution in [-0.2, 0) is 11.3 Å². The zero-order valence-corrected chi connectivity index (χ0v) is 13.7. The van der Waals surface area contributed by atoms with Gasteiger partial charge in [0.05, 0.1) is 12.8 Å². The van der Waals surface area contributed by atoms with E-state index < -0.39 is 12.2 Å². The highest BCUT2D eigenvalue weighted by molar-refractivity contribution is 5.83. The Kier molecular flexibility index (Phi) is 5.44. The van der Waals surface area contributed by atoms with Crippen LogP contribution in [0.3, 0.4) is 0 Å². The van der Waals surface area contributed by atoms with Gasteiger partial charge in [-0.25, -0.2) is 15.2 Å². The molecule has 0 bridgehead atoms. The summed E-state index contributed by atoms with van der Waals surface area (Å²) in [7, 11) is 1.58. The number of nitrogens with one attached hydrogen (secondary N) is 5. The first-order valence-electron chi connectivity index (χ1n) is 7.86. The van der Waals surface area contributed by atoms with Crippen LogP contribution in [-0.4, -0.2) is 25.2 Å². The van der Waals surface area contributed by atoms with Gasteiger partial charge in [0, 0.05) is 12.1 Å².